The minimum Gasteiger partial charge on any atom is -0.493 e. The third-order valence-electron chi connectivity index (χ3n) is 4.68. The molecule has 0 aliphatic carbocycles. The van der Waals surface area contributed by atoms with Crippen molar-refractivity contribution in [2.24, 2.45) is 11.7 Å². The van der Waals surface area contributed by atoms with Crippen molar-refractivity contribution in [2.45, 2.75) is 19.3 Å². The van der Waals surface area contributed by atoms with E-state index in [9.17, 15) is 4.79 Å². The zero-order valence-electron chi connectivity index (χ0n) is 15.8. The Balaban J connectivity index is 0.00000280. The van der Waals surface area contributed by atoms with Crippen LogP contribution in [-0.2, 0) is 11.2 Å². The number of aromatic nitrogens is 2. The van der Waals surface area contributed by atoms with Crippen molar-refractivity contribution in [1.29, 1.82) is 0 Å². The first kappa shape index (κ1) is 22.3. The molecule has 1 unspecified atom stereocenters. The molecule has 1 saturated heterocycles. The molecule has 3 rings (SSSR count). The van der Waals surface area contributed by atoms with Crippen LogP contribution in [0.5, 0.6) is 11.5 Å². The summed E-state index contributed by atoms with van der Waals surface area (Å²) in [7, 11) is 3.04. The Morgan fingerprint density at radius 2 is 2.18 bits per heavy atom. The van der Waals surface area contributed by atoms with Crippen LogP contribution in [0.2, 0.25) is 5.02 Å². The normalized spacial score (nSPS) is 16.0. The second-order valence-corrected chi connectivity index (χ2v) is 6.84. The third-order valence-corrected chi connectivity index (χ3v) is 4.97. The van der Waals surface area contributed by atoms with E-state index in [-0.39, 0.29) is 18.3 Å². The minimum atomic E-state index is 0. The smallest absolute Gasteiger partial charge is 0.227 e. The van der Waals surface area contributed by atoms with Gasteiger partial charge >= 0.3 is 0 Å². The van der Waals surface area contributed by atoms with Crippen LogP contribution in [0.15, 0.2) is 16.7 Å². The number of hydrogen-bond acceptors (Lipinski definition) is 7. The number of aryl methyl sites for hydroxylation is 1. The molecule has 2 N–H and O–H groups in total. The summed E-state index contributed by atoms with van der Waals surface area (Å²) in [5, 5.41) is 4.36. The molecule has 1 atom stereocenters. The molecule has 1 aromatic carbocycles. The average molecular weight is 431 g/mol. The molecule has 1 amide bonds. The molecule has 0 saturated carbocycles. The van der Waals surface area contributed by atoms with Crippen molar-refractivity contribution >= 4 is 29.9 Å². The van der Waals surface area contributed by atoms with Crippen LogP contribution in [0, 0.1) is 5.92 Å². The molecule has 2 aromatic rings. The number of nitrogens with two attached hydrogens (primary N) is 1. The topological polar surface area (TPSA) is 104 Å². The molecular formula is C18H24Cl2N4O4. The number of hydrogen-bond donors (Lipinski definition) is 1. The molecule has 8 nitrogen and oxygen atoms in total. The number of carbonyl (C=O) groups excluding carboxylic acids is 1. The van der Waals surface area contributed by atoms with E-state index in [1.54, 1.807) is 12.1 Å². The highest BCUT2D eigenvalue weighted by atomic mass is 35.5. The van der Waals surface area contributed by atoms with E-state index in [1.807, 2.05) is 4.90 Å². The van der Waals surface area contributed by atoms with Crippen LogP contribution in [0.25, 0.3) is 11.4 Å². The van der Waals surface area contributed by atoms with Crippen LogP contribution in [0.3, 0.4) is 0 Å². The van der Waals surface area contributed by atoms with Gasteiger partial charge in [0.15, 0.2) is 11.5 Å². The van der Waals surface area contributed by atoms with Gasteiger partial charge in [0.1, 0.15) is 0 Å². The van der Waals surface area contributed by atoms with Gasteiger partial charge in [-0.2, -0.15) is 4.98 Å². The van der Waals surface area contributed by atoms with Crippen molar-refractivity contribution < 1.29 is 18.8 Å². The molecule has 1 aromatic heterocycles. The summed E-state index contributed by atoms with van der Waals surface area (Å²) >= 11 is 6.22. The van der Waals surface area contributed by atoms with Gasteiger partial charge in [0.2, 0.25) is 17.6 Å². The Bertz CT molecular complexity index is 815. The van der Waals surface area contributed by atoms with Gasteiger partial charge in [0, 0.05) is 31.5 Å². The first-order valence-corrected chi connectivity index (χ1v) is 9.15. The average Bonchev–Trinajstić information content (AvgIpc) is 3.34. The van der Waals surface area contributed by atoms with Crippen LogP contribution in [0.1, 0.15) is 18.7 Å². The lowest BCUT2D eigenvalue weighted by Crippen LogP contribution is -2.30. The van der Waals surface area contributed by atoms with Crippen molar-refractivity contribution in [3.8, 4) is 22.9 Å². The summed E-state index contributed by atoms with van der Waals surface area (Å²) in [6, 6.07) is 3.40. The fraction of sp³-hybridized carbons (Fsp3) is 0.500. The van der Waals surface area contributed by atoms with Gasteiger partial charge in [-0.15, -0.1) is 12.4 Å². The predicted octanol–water partition coefficient (Wildman–Crippen LogP) is 2.57. The highest BCUT2D eigenvalue weighted by Crippen LogP contribution is 2.38. The second kappa shape index (κ2) is 9.95. The van der Waals surface area contributed by atoms with E-state index in [0.29, 0.717) is 59.1 Å². The van der Waals surface area contributed by atoms with Crippen molar-refractivity contribution in [2.75, 3.05) is 33.9 Å². The van der Waals surface area contributed by atoms with Gasteiger partial charge in [-0.05, 0) is 31.0 Å². The quantitative estimate of drug-likeness (QED) is 0.719. The number of nitrogens with zero attached hydrogens (tertiary/aromatic N) is 3. The monoisotopic (exact) mass is 430 g/mol. The van der Waals surface area contributed by atoms with Crippen molar-refractivity contribution in [1.82, 2.24) is 15.0 Å². The van der Waals surface area contributed by atoms with Crippen molar-refractivity contribution in [3.05, 3.63) is 23.0 Å². The number of carbonyl (C=O) groups is 1. The highest BCUT2D eigenvalue weighted by molar-refractivity contribution is 6.32. The third kappa shape index (κ3) is 4.87. The van der Waals surface area contributed by atoms with Gasteiger partial charge in [-0.25, -0.2) is 0 Å². The zero-order chi connectivity index (χ0) is 19.4. The Morgan fingerprint density at radius 3 is 2.82 bits per heavy atom. The maximum Gasteiger partial charge on any atom is 0.227 e. The second-order valence-electron chi connectivity index (χ2n) is 6.44. The summed E-state index contributed by atoms with van der Waals surface area (Å²) in [6.45, 7) is 2.11. The lowest BCUT2D eigenvalue weighted by Gasteiger charge is -2.15. The standard InChI is InChI=1S/C18H23ClN4O4.ClH/c1-25-14-8-12(7-13(19)17(14)26-2)18-21-15(27-22-18)3-4-16(24)23-6-5-11(9-20)10-23;/h7-8,11H,3-6,9-10,20H2,1-2H3;1H. The molecule has 154 valence electrons. The number of amides is 1. The Labute approximate surface area is 174 Å². The molecule has 0 radical (unpaired) electrons. The molecule has 0 bridgehead atoms. The number of methoxy groups -OCH3 is 2. The maximum atomic E-state index is 12.3. The number of likely N-dealkylation sites (tertiary alicyclic amines) is 1. The van der Waals surface area contributed by atoms with E-state index in [1.165, 1.54) is 14.2 Å². The van der Waals surface area contributed by atoms with E-state index in [2.05, 4.69) is 10.1 Å². The molecule has 10 heteroatoms. The summed E-state index contributed by atoms with van der Waals surface area (Å²) in [4.78, 5) is 18.5. The van der Waals surface area contributed by atoms with Gasteiger partial charge in [0.05, 0.1) is 19.2 Å². The first-order chi connectivity index (χ1) is 13.0. The van der Waals surface area contributed by atoms with Crippen LogP contribution < -0.4 is 15.2 Å². The van der Waals surface area contributed by atoms with Crippen LogP contribution in [-0.4, -0.2) is 54.8 Å². The van der Waals surface area contributed by atoms with Gasteiger partial charge in [-0.3, -0.25) is 4.79 Å². The number of benzene rings is 1. The maximum absolute atomic E-state index is 12.3. The van der Waals surface area contributed by atoms with E-state index in [4.69, 9.17) is 31.3 Å². The molecule has 1 aliphatic rings. The molecule has 28 heavy (non-hydrogen) atoms. The Kier molecular flexibility index (Phi) is 7.91. The molecule has 2 heterocycles. The molecule has 1 fully saturated rings. The minimum absolute atomic E-state index is 0. The van der Waals surface area contributed by atoms with Crippen LogP contribution in [0.4, 0.5) is 0 Å². The molecule has 1 aliphatic heterocycles. The van der Waals surface area contributed by atoms with Crippen molar-refractivity contribution in [3.63, 3.8) is 0 Å². The summed E-state index contributed by atoms with van der Waals surface area (Å²) in [6.07, 6.45) is 1.68. The Morgan fingerprint density at radius 1 is 1.39 bits per heavy atom. The summed E-state index contributed by atoms with van der Waals surface area (Å²) in [5.41, 5.74) is 6.31. The summed E-state index contributed by atoms with van der Waals surface area (Å²) < 4.78 is 15.8. The van der Waals surface area contributed by atoms with Gasteiger partial charge in [0.25, 0.3) is 0 Å². The largest absolute Gasteiger partial charge is 0.493 e. The van der Waals surface area contributed by atoms with Crippen LogP contribution >= 0.6 is 24.0 Å². The fourth-order valence-electron chi connectivity index (χ4n) is 3.14. The lowest BCUT2D eigenvalue weighted by atomic mass is 10.1. The highest BCUT2D eigenvalue weighted by Gasteiger charge is 2.25. The van der Waals surface area contributed by atoms with Gasteiger partial charge in [-0.1, -0.05) is 16.8 Å². The van der Waals surface area contributed by atoms with E-state index < -0.39 is 0 Å². The Hall–Kier alpha value is -2.03. The molecule has 0 spiro atoms. The zero-order valence-corrected chi connectivity index (χ0v) is 17.4. The first-order valence-electron chi connectivity index (χ1n) is 8.78. The fourth-order valence-corrected chi connectivity index (χ4v) is 3.43. The number of halogens is 2. The van der Waals surface area contributed by atoms with E-state index >= 15 is 0 Å². The predicted molar refractivity (Wildman–Crippen MR) is 107 cm³/mol. The number of ether oxygens (including phenoxy) is 2. The SMILES string of the molecule is COc1cc(-c2noc(CCC(=O)N3CCC(CN)C3)n2)cc(Cl)c1OC.Cl. The molecular weight excluding hydrogens is 407 g/mol. The number of rotatable bonds is 7. The summed E-state index contributed by atoms with van der Waals surface area (Å²) in [5.74, 6) is 2.19. The van der Waals surface area contributed by atoms with Gasteiger partial charge < -0.3 is 24.6 Å². The lowest BCUT2D eigenvalue weighted by molar-refractivity contribution is -0.130. The van der Waals surface area contributed by atoms with E-state index in [0.717, 1.165) is 19.5 Å².